The van der Waals surface area contributed by atoms with E-state index in [0.29, 0.717) is 29.2 Å². The van der Waals surface area contributed by atoms with Crippen molar-refractivity contribution in [3.05, 3.63) is 99.6 Å². The first-order valence-corrected chi connectivity index (χ1v) is 12.9. The fraction of sp³-hybridized carbons (Fsp3) is 0.344. The molecule has 1 atom stereocenters. The van der Waals surface area contributed by atoms with Gasteiger partial charge in [-0.05, 0) is 73.6 Å². The zero-order valence-corrected chi connectivity index (χ0v) is 22.8. The van der Waals surface area contributed by atoms with Crippen molar-refractivity contribution in [2.75, 3.05) is 7.11 Å². The van der Waals surface area contributed by atoms with E-state index in [1.165, 1.54) is 7.11 Å². The maximum absolute atomic E-state index is 13.7. The molecule has 3 aromatic carbocycles. The first kappa shape index (κ1) is 28.5. The van der Waals surface area contributed by atoms with Crippen LogP contribution >= 0.6 is 0 Å². The number of benzene rings is 3. The van der Waals surface area contributed by atoms with Gasteiger partial charge in [0.05, 0.1) is 24.8 Å². The lowest BCUT2D eigenvalue weighted by molar-refractivity contribution is -0.140. The van der Waals surface area contributed by atoms with Crippen LogP contribution in [0.2, 0.25) is 0 Å². The van der Waals surface area contributed by atoms with Crippen LogP contribution in [0.1, 0.15) is 76.5 Å². The number of nitriles is 1. The van der Waals surface area contributed by atoms with Crippen molar-refractivity contribution in [2.24, 2.45) is 5.92 Å². The average Bonchev–Trinajstić information content (AvgIpc) is 2.89. The number of rotatable bonds is 11. The summed E-state index contributed by atoms with van der Waals surface area (Å²) in [6.07, 6.45) is 1.36. The molecule has 0 aliphatic heterocycles. The lowest BCUT2D eigenvalue weighted by atomic mass is 9.93. The summed E-state index contributed by atoms with van der Waals surface area (Å²) in [4.78, 5) is 25.5. The van der Waals surface area contributed by atoms with E-state index in [1.807, 2.05) is 18.2 Å². The van der Waals surface area contributed by atoms with Crippen molar-refractivity contribution >= 4 is 11.9 Å². The normalized spacial score (nSPS) is 11.5. The molecule has 3 rings (SSSR count). The lowest BCUT2D eigenvalue weighted by Gasteiger charge is -2.23. The zero-order chi connectivity index (χ0) is 27.7. The minimum Gasteiger partial charge on any atom is -0.489 e. The molecule has 1 unspecified atom stereocenters. The van der Waals surface area contributed by atoms with Gasteiger partial charge in [0.15, 0.2) is 0 Å². The third-order valence-corrected chi connectivity index (χ3v) is 6.27. The van der Waals surface area contributed by atoms with Crippen molar-refractivity contribution in [3.8, 4) is 11.8 Å². The number of hydrogen-bond donors (Lipinski definition) is 1. The molecule has 1 N–H and O–H groups in total. The summed E-state index contributed by atoms with van der Waals surface area (Å²) in [6.45, 7) is 8.64. The predicted molar refractivity (Wildman–Crippen MR) is 148 cm³/mol. The van der Waals surface area contributed by atoms with Gasteiger partial charge in [-0.25, -0.2) is 0 Å². The molecule has 0 aliphatic rings. The lowest BCUT2D eigenvalue weighted by Crippen LogP contribution is -2.30. The zero-order valence-electron chi connectivity index (χ0n) is 22.8. The van der Waals surface area contributed by atoms with E-state index in [9.17, 15) is 9.59 Å². The number of aryl methyl sites for hydroxylation is 3. The van der Waals surface area contributed by atoms with E-state index < -0.39 is 0 Å². The summed E-state index contributed by atoms with van der Waals surface area (Å²) in [5, 5.41) is 12.4. The molecule has 6 nitrogen and oxygen atoms in total. The third-order valence-electron chi connectivity index (χ3n) is 6.27. The second-order valence-electron chi connectivity index (χ2n) is 10.1. The van der Waals surface area contributed by atoms with Gasteiger partial charge >= 0.3 is 5.97 Å². The van der Waals surface area contributed by atoms with Gasteiger partial charge in [0.25, 0.3) is 5.91 Å². The number of nitrogens with zero attached hydrogens (tertiary/aromatic N) is 1. The molecule has 0 saturated heterocycles. The topological polar surface area (TPSA) is 88.4 Å². The molecule has 0 heterocycles. The first-order chi connectivity index (χ1) is 18.2. The van der Waals surface area contributed by atoms with Gasteiger partial charge in [0.2, 0.25) is 0 Å². The number of carbonyl (C=O) groups excluding carboxylic acids is 2. The molecule has 0 radical (unpaired) electrons. The molecule has 0 saturated carbocycles. The molecule has 3 aromatic rings. The molecular weight excluding hydrogens is 476 g/mol. The molecule has 38 heavy (non-hydrogen) atoms. The summed E-state index contributed by atoms with van der Waals surface area (Å²) in [7, 11) is 1.36. The Kier molecular flexibility index (Phi) is 10.1. The summed E-state index contributed by atoms with van der Waals surface area (Å²) in [5.74, 6) is 0.442. The molecule has 6 heteroatoms. The van der Waals surface area contributed by atoms with E-state index in [0.717, 1.165) is 34.2 Å². The number of methoxy groups -OCH3 is 1. The summed E-state index contributed by atoms with van der Waals surface area (Å²) >= 11 is 0. The second-order valence-corrected chi connectivity index (χ2v) is 10.1. The maximum atomic E-state index is 13.7. The highest BCUT2D eigenvalue weighted by atomic mass is 16.5. The fourth-order valence-corrected chi connectivity index (χ4v) is 4.50. The van der Waals surface area contributed by atoms with Crippen LogP contribution in [0.3, 0.4) is 0 Å². The number of amides is 1. The van der Waals surface area contributed by atoms with E-state index in [4.69, 9.17) is 14.7 Å². The third kappa shape index (κ3) is 8.21. The Morgan fingerprint density at radius 1 is 1.00 bits per heavy atom. The van der Waals surface area contributed by atoms with Crippen LogP contribution < -0.4 is 10.1 Å². The van der Waals surface area contributed by atoms with Gasteiger partial charge in [-0.1, -0.05) is 61.4 Å². The minimum atomic E-state index is -0.325. The minimum absolute atomic E-state index is 0.150. The molecule has 0 aliphatic carbocycles. The molecular formula is C32H36N2O4. The Hall–Kier alpha value is -4.11. The van der Waals surface area contributed by atoms with Gasteiger partial charge in [-0.3, -0.25) is 9.59 Å². The number of nitrogens with one attached hydrogen (secondary N) is 1. The Balaban J connectivity index is 1.89. The summed E-state index contributed by atoms with van der Waals surface area (Å²) < 4.78 is 10.7. The number of hydrogen-bond acceptors (Lipinski definition) is 5. The Morgan fingerprint density at radius 2 is 1.74 bits per heavy atom. The van der Waals surface area contributed by atoms with Gasteiger partial charge in [0, 0.05) is 12.0 Å². The van der Waals surface area contributed by atoms with Crippen molar-refractivity contribution in [3.63, 3.8) is 0 Å². The summed E-state index contributed by atoms with van der Waals surface area (Å²) in [6, 6.07) is 20.9. The van der Waals surface area contributed by atoms with E-state index in [2.05, 4.69) is 57.3 Å². The highest BCUT2D eigenvalue weighted by Crippen LogP contribution is 2.25. The molecule has 0 aromatic heterocycles. The predicted octanol–water partition coefficient (Wildman–Crippen LogP) is 6.38. The van der Waals surface area contributed by atoms with E-state index >= 15 is 0 Å². The van der Waals surface area contributed by atoms with Crippen LogP contribution in [0.5, 0.6) is 5.75 Å². The quantitative estimate of drug-likeness (QED) is 0.301. The van der Waals surface area contributed by atoms with Gasteiger partial charge < -0.3 is 14.8 Å². The van der Waals surface area contributed by atoms with Crippen molar-refractivity contribution in [2.45, 2.75) is 59.6 Å². The van der Waals surface area contributed by atoms with E-state index in [-0.39, 0.29) is 30.9 Å². The van der Waals surface area contributed by atoms with E-state index in [1.54, 1.807) is 24.3 Å². The fourth-order valence-electron chi connectivity index (χ4n) is 4.50. The highest BCUT2D eigenvalue weighted by Gasteiger charge is 2.21. The number of carbonyl (C=O) groups is 2. The first-order valence-electron chi connectivity index (χ1n) is 12.9. The van der Waals surface area contributed by atoms with Crippen LogP contribution in [0, 0.1) is 31.1 Å². The van der Waals surface area contributed by atoms with Crippen LogP contribution in [-0.4, -0.2) is 19.0 Å². The smallest absolute Gasteiger partial charge is 0.305 e. The van der Waals surface area contributed by atoms with Crippen LogP contribution in [0.4, 0.5) is 0 Å². The molecule has 0 spiro atoms. The average molecular weight is 513 g/mol. The molecule has 0 bridgehead atoms. The second kappa shape index (κ2) is 13.4. The van der Waals surface area contributed by atoms with Crippen LogP contribution in [-0.2, 0) is 22.6 Å². The maximum Gasteiger partial charge on any atom is 0.305 e. The van der Waals surface area contributed by atoms with Crippen LogP contribution in [0.15, 0.2) is 60.7 Å². The Bertz CT molecular complexity index is 1300. The molecule has 0 fully saturated rings. The molecule has 1 amide bonds. The van der Waals surface area contributed by atoms with Crippen molar-refractivity contribution in [1.29, 1.82) is 5.26 Å². The van der Waals surface area contributed by atoms with Gasteiger partial charge in [0.1, 0.15) is 12.4 Å². The Morgan fingerprint density at radius 3 is 2.39 bits per heavy atom. The van der Waals surface area contributed by atoms with Gasteiger partial charge in [-0.15, -0.1) is 0 Å². The van der Waals surface area contributed by atoms with Gasteiger partial charge in [-0.2, -0.15) is 5.26 Å². The molecule has 198 valence electrons. The number of esters is 1. The summed E-state index contributed by atoms with van der Waals surface area (Å²) in [5.41, 5.74) is 6.00. The monoisotopic (exact) mass is 512 g/mol. The van der Waals surface area contributed by atoms with Crippen LogP contribution in [0.25, 0.3) is 0 Å². The van der Waals surface area contributed by atoms with Crippen molar-refractivity contribution < 1.29 is 19.1 Å². The standard InChI is InChI=1S/C32H36N2O4/c1-21(2)13-30(27-15-22(3)14-23(4)16-27)34-32(36)29-18-25(9-10-26(29)11-12-31(35)37-5)20-38-28-8-6-7-24(17-28)19-33/h6-10,14-18,21,30H,11-13,20H2,1-5H3,(H,34,36). The largest absolute Gasteiger partial charge is 0.489 e. The SMILES string of the molecule is COC(=O)CCc1ccc(COc2cccc(C#N)c2)cc1C(=O)NC(CC(C)C)c1cc(C)cc(C)c1. The number of ether oxygens (including phenoxy) is 2. The van der Waals surface area contributed by atoms with Crippen molar-refractivity contribution in [1.82, 2.24) is 5.32 Å². The highest BCUT2D eigenvalue weighted by molar-refractivity contribution is 5.96. The Labute approximate surface area is 225 Å².